The van der Waals surface area contributed by atoms with Crippen LogP contribution in [0, 0.1) is 5.92 Å². The Balaban J connectivity index is 1.87. The predicted octanol–water partition coefficient (Wildman–Crippen LogP) is 1.35. The lowest BCUT2D eigenvalue weighted by atomic mass is 9.99. The van der Waals surface area contributed by atoms with Gasteiger partial charge in [0.1, 0.15) is 0 Å². The molecule has 1 fully saturated rings. The third-order valence-electron chi connectivity index (χ3n) is 3.01. The molecule has 1 amide bonds. The molecule has 1 unspecified atom stereocenters. The molecule has 1 saturated heterocycles. The van der Waals surface area contributed by atoms with E-state index in [9.17, 15) is 4.79 Å². The summed E-state index contributed by atoms with van der Waals surface area (Å²) in [7, 11) is 1.83. The number of hydrogen-bond acceptors (Lipinski definition) is 3. The second-order valence-corrected chi connectivity index (χ2v) is 4.38. The van der Waals surface area contributed by atoms with Gasteiger partial charge in [-0.2, -0.15) is 0 Å². The summed E-state index contributed by atoms with van der Waals surface area (Å²) in [5.41, 5.74) is 0. The molecule has 0 bridgehead atoms. The number of carbonyl (C=O) groups excluding carboxylic acids is 1. The summed E-state index contributed by atoms with van der Waals surface area (Å²) in [5, 5.41) is 3.35. The lowest BCUT2D eigenvalue weighted by molar-refractivity contribution is 0.0733. The second kappa shape index (κ2) is 5.16. The van der Waals surface area contributed by atoms with Crippen LogP contribution < -0.4 is 5.32 Å². The molecule has 1 aliphatic heterocycles. The Morgan fingerprint density at radius 1 is 1.69 bits per heavy atom. The number of rotatable bonds is 3. The van der Waals surface area contributed by atoms with Crippen molar-refractivity contribution < 1.29 is 9.21 Å². The molecule has 0 radical (unpaired) electrons. The van der Waals surface area contributed by atoms with E-state index in [0.29, 0.717) is 11.7 Å². The standard InChI is InChI=1S/C12H18N2O2/c1-14(9-10-4-2-6-13-8-10)12(15)11-5-3-7-16-11/h3,5,7,10,13H,2,4,6,8-9H2,1H3. The van der Waals surface area contributed by atoms with Crippen LogP contribution in [0.4, 0.5) is 0 Å². The zero-order valence-electron chi connectivity index (χ0n) is 9.61. The van der Waals surface area contributed by atoms with Gasteiger partial charge >= 0.3 is 0 Å². The fourth-order valence-corrected chi connectivity index (χ4v) is 2.14. The number of furan rings is 1. The Bertz CT molecular complexity index is 329. The molecule has 0 saturated carbocycles. The van der Waals surface area contributed by atoms with Gasteiger partial charge in [-0.3, -0.25) is 4.79 Å². The lowest BCUT2D eigenvalue weighted by Crippen LogP contribution is -2.39. The molecule has 1 aromatic rings. The first-order valence-electron chi connectivity index (χ1n) is 5.77. The Labute approximate surface area is 95.6 Å². The molecule has 1 atom stereocenters. The zero-order valence-corrected chi connectivity index (χ0v) is 9.61. The minimum Gasteiger partial charge on any atom is -0.459 e. The van der Waals surface area contributed by atoms with Crippen molar-refractivity contribution in [2.45, 2.75) is 12.8 Å². The van der Waals surface area contributed by atoms with E-state index in [1.165, 1.54) is 19.1 Å². The summed E-state index contributed by atoms with van der Waals surface area (Å²) < 4.78 is 5.10. The Morgan fingerprint density at radius 3 is 3.19 bits per heavy atom. The van der Waals surface area contributed by atoms with Crippen LogP contribution in [0.2, 0.25) is 0 Å². The van der Waals surface area contributed by atoms with Crippen LogP contribution in [0.1, 0.15) is 23.4 Å². The summed E-state index contributed by atoms with van der Waals surface area (Å²) in [4.78, 5) is 13.6. The number of amides is 1. The fourth-order valence-electron chi connectivity index (χ4n) is 2.14. The summed E-state index contributed by atoms with van der Waals surface area (Å²) in [6, 6.07) is 3.45. The van der Waals surface area contributed by atoms with Crippen molar-refractivity contribution in [2.75, 3.05) is 26.7 Å². The van der Waals surface area contributed by atoms with Gasteiger partial charge in [0.2, 0.25) is 0 Å². The molecule has 2 rings (SSSR count). The van der Waals surface area contributed by atoms with Crippen LogP contribution in [0.5, 0.6) is 0 Å². The average Bonchev–Trinajstić information content (AvgIpc) is 2.83. The molecule has 0 spiro atoms. The topological polar surface area (TPSA) is 45.5 Å². The second-order valence-electron chi connectivity index (χ2n) is 4.38. The van der Waals surface area contributed by atoms with Crippen LogP contribution >= 0.6 is 0 Å². The van der Waals surface area contributed by atoms with Gasteiger partial charge in [-0.15, -0.1) is 0 Å². The molecule has 1 aromatic heterocycles. The van der Waals surface area contributed by atoms with Gasteiger partial charge in [-0.05, 0) is 44.0 Å². The van der Waals surface area contributed by atoms with Crippen LogP contribution in [0.25, 0.3) is 0 Å². The maximum Gasteiger partial charge on any atom is 0.289 e. The number of carbonyl (C=O) groups is 1. The highest BCUT2D eigenvalue weighted by Gasteiger charge is 2.20. The van der Waals surface area contributed by atoms with E-state index in [4.69, 9.17) is 4.42 Å². The number of piperidine rings is 1. The summed E-state index contributed by atoms with van der Waals surface area (Å²) >= 11 is 0. The molecule has 16 heavy (non-hydrogen) atoms. The van der Waals surface area contributed by atoms with E-state index in [2.05, 4.69) is 5.32 Å². The fraction of sp³-hybridized carbons (Fsp3) is 0.583. The quantitative estimate of drug-likeness (QED) is 0.839. The van der Waals surface area contributed by atoms with E-state index in [-0.39, 0.29) is 5.91 Å². The Hall–Kier alpha value is -1.29. The molecule has 0 aromatic carbocycles. The minimum atomic E-state index is -0.0319. The van der Waals surface area contributed by atoms with Crippen molar-refractivity contribution >= 4 is 5.91 Å². The third-order valence-corrected chi connectivity index (χ3v) is 3.01. The van der Waals surface area contributed by atoms with Crippen molar-refractivity contribution in [1.29, 1.82) is 0 Å². The highest BCUT2D eigenvalue weighted by Crippen LogP contribution is 2.13. The largest absolute Gasteiger partial charge is 0.459 e. The highest BCUT2D eigenvalue weighted by molar-refractivity contribution is 5.91. The van der Waals surface area contributed by atoms with Crippen LogP contribution in [0.3, 0.4) is 0 Å². The molecule has 88 valence electrons. The maximum atomic E-state index is 11.9. The predicted molar refractivity (Wildman–Crippen MR) is 61.3 cm³/mol. The SMILES string of the molecule is CN(CC1CCCNC1)C(=O)c1ccco1. The highest BCUT2D eigenvalue weighted by atomic mass is 16.3. The minimum absolute atomic E-state index is 0.0319. The smallest absolute Gasteiger partial charge is 0.289 e. The molecule has 1 aliphatic rings. The number of nitrogens with one attached hydrogen (secondary N) is 1. The van der Waals surface area contributed by atoms with Gasteiger partial charge in [0.15, 0.2) is 5.76 Å². The summed E-state index contributed by atoms with van der Waals surface area (Å²) in [5.74, 6) is 0.958. The van der Waals surface area contributed by atoms with E-state index < -0.39 is 0 Å². The first-order chi connectivity index (χ1) is 7.77. The van der Waals surface area contributed by atoms with Gasteiger partial charge in [0, 0.05) is 13.6 Å². The maximum absolute atomic E-state index is 11.9. The lowest BCUT2D eigenvalue weighted by Gasteiger charge is -2.27. The van der Waals surface area contributed by atoms with Crippen molar-refractivity contribution in [3.05, 3.63) is 24.2 Å². The zero-order chi connectivity index (χ0) is 11.4. The molecular weight excluding hydrogens is 204 g/mol. The van der Waals surface area contributed by atoms with Gasteiger partial charge in [-0.1, -0.05) is 0 Å². The normalized spacial score (nSPS) is 20.7. The first kappa shape index (κ1) is 11.2. The average molecular weight is 222 g/mol. The molecule has 4 heteroatoms. The summed E-state index contributed by atoms with van der Waals surface area (Å²) in [6.45, 7) is 2.91. The summed E-state index contributed by atoms with van der Waals surface area (Å²) in [6.07, 6.45) is 3.93. The van der Waals surface area contributed by atoms with E-state index in [0.717, 1.165) is 19.6 Å². The van der Waals surface area contributed by atoms with Crippen molar-refractivity contribution in [2.24, 2.45) is 5.92 Å². The van der Waals surface area contributed by atoms with E-state index >= 15 is 0 Å². The molecule has 4 nitrogen and oxygen atoms in total. The van der Waals surface area contributed by atoms with Crippen LogP contribution in [-0.4, -0.2) is 37.5 Å². The van der Waals surface area contributed by atoms with Crippen LogP contribution in [-0.2, 0) is 0 Å². The van der Waals surface area contributed by atoms with Crippen molar-refractivity contribution in [1.82, 2.24) is 10.2 Å². The molecule has 0 aliphatic carbocycles. The van der Waals surface area contributed by atoms with Gasteiger partial charge < -0.3 is 14.6 Å². The van der Waals surface area contributed by atoms with Gasteiger partial charge in [-0.25, -0.2) is 0 Å². The Morgan fingerprint density at radius 2 is 2.56 bits per heavy atom. The van der Waals surface area contributed by atoms with Crippen LogP contribution in [0.15, 0.2) is 22.8 Å². The molecule has 1 N–H and O–H groups in total. The van der Waals surface area contributed by atoms with Crippen molar-refractivity contribution in [3.63, 3.8) is 0 Å². The van der Waals surface area contributed by atoms with Crippen molar-refractivity contribution in [3.8, 4) is 0 Å². The van der Waals surface area contributed by atoms with Gasteiger partial charge in [0.25, 0.3) is 5.91 Å². The third kappa shape index (κ3) is 2.64. The monoisotopic (exact) mass is 222 g/mol. The molecule has 2 heterocycles. The van der Waals surface area contributed by atoms with Gasteiger partial charge in [0.05, 0.1) is 6.26 Å². The first-order valence-corrected chi connectivity index (χ1v) is 5.77. The Kier molecular flexibility index (Phi) is 3.62. The number of nitrogens with zero attached hydrogens (tertiary/aromatic N) is 1. The molecular formula is C12H18N2O2. The number of hydrogen-bond donors (Lipinski definition) is 1. The van der Waals surface area contributed by atoms with E-state index in [1.807, 2.05) is 7.05 Å². The van der Waals surface area contributed by atoms with E-state index in [1.54, 1.807) is 17.0 Å².